The minimum absolute atomic E-state index is 0.261. The Morgan fingerprint density at radius 3 is 2.38 bits per heavy atom. The lowest BCUT2D eigenvalue weighted by molar-refractivity contribution is 0.670. The van der Waals surface area contributed by atoms with Crippen molar-refractivity contribution in [1.82, 2.24) is 9.97 Å². The van der Waals surface area contributed by atoms with Crippen LogP contribution in [0.15, 0.2) is 71.1 Å². The molecule has 0 aliphatic heterocycles. The van der Waals surface area contributed by atoms with Crippen molar-refractivity contribution in [2.24, 2.45) is 0 Å². The van der Waals surface area contributed by atoms with E-state index in [1.165, 1.54) is 0 Å². The van der Waals surface area contributed by atoms with Gasteiger partial charge in [0.2, 0.25) is 5.95 Å². The summed E-state index contributed by atoms with van der Waals surface area (Å²) < 4.78 is 6.13. The van der Waals surface area contributed by atoms with Crippen LogP contribution in [0, 0.1) is 0 Å². The molecule has 24 heavy (non-hydrogen) atoms. The molecule has 5 aromatic rings. The predicted molar refractivity (Wildman–Crippen MR) is 96.7 cm³/mol. The Morgan fingerprint density at radius 2 is 1.46 bits per heavy atom. The van der Waals surface area contributed by atoms with Gasteiger partial charge in [0.05, 0.1) is 11.2 Å². The van der Waals surface area contributed by atoms with Crippen LogP contribution in [0.5, 0.6) is 0 Å². The number of anilines is 1. The normalized spacial score (nSPS) is 11.5. The fraction of sp³-hybridized carbons (Fsp3) is 0. The summed E-state index contributed by atoms with van der Waals surface area (Å²) in [5.41, 5.74) is 10.2. The van der Waals surface area contributed by atoms with Crippen molar-refractivity contribution < 1.29 is 4.42 Å². The largest absolute Gasteiger partial charge is 0.455 e. The standard InChI is InChI=1S/C20H13N3O/c21-20-22-16-10-3-1-7-14(16)18(23-20)15-9-5-8-13-12-6-2-4-11-17(12)24-19(13)15/h1-11H,(H2,21,22,23). The fourth-order valence-electron chi connectivity index (χ4n) is 3.23. The van der Waals surface area contributed by atoms with Crippen LogP contribution in [0.2, 0.25) is 0 Å². The lowest BCUT2D eigenvalue weighted by atomic mass is 10.0. The maximum atomic E-state index is 6.13. The number of benzene rings is 3. The molecule has 0 amide bonds. The van der Waals surface area contributed by atoms with Crippen molar-refractivity contribution in [3.63, 3.8) is 0 Å². The van der Waals surface area contributed by atoms with Crippen LogP contribution < -0.4 is 5.73 Å². The van der Waals surface area contributed by atoms with E-state index in [1.54, 1.807) is 0 Å². The van der Waals surface area contributed by atoms with Gasteiger partial charge in [0.25, 0.3) is 0 Å². The Hall–Kier alpha value is -3.40. The smallest absolute Gasteiger partial charge is 0.221 e. The van der Waals surface area contributed by atoms with Gasteiger partial charge in [0.1, 0.15) is 11.2 Å². The van der Waals surface area contributed by atoms with Gasteiger partial charge in [-0.2, -0.15) is 0 Å². The highest BCUT2D eigenvalue weighted by Gasteiger charge is 2.15. The van der Waals surface area contributed by atoms with Crippen LogP contribution in [-0.4, -0.2) is 9.97 Å². The minimum Gasteiger partial charge on any atom is -0.455 e. The molecule has 5 rings (SSSR count). The molecule has 0 aliphatic carbocycles. The van der Waals surface area contributed by atoms with Crippen LogP contribution in [-0.2, 0) is 0 Å². The van der Waals surface area contributed by atoms with E-state index in [4.69, 9.17) is 10.2 Å². The molecule has 0 bridgehead atoms. The summed E-state index contributed by atoms with van der Waals surface area (Å²) in [6.45, 7) is 0. The third-order valence-corrected chi connectivity index (χ3v) is 4.28. The molecule has 3 aromatic carbocycles. The number of rotatable bonds is 1. The maximum Gasteiger partial charge on any atom is 0.221 e. The number of hydrogen-bond acceptors (Lipinski definition) is 4. The summed E-state index contributed by atoms with van der Waals surface area (Å²) in [5, 5.41) is 3.13. The molecule has 2 aromatic heterocycles. The molecule has 0 aliphatic rings. The Balaban J connectivity index is 1.94. The number of nitrogen functional groups attached to an aromatic ring is 1. The number of aromatic nitrogens is 2. The molecule has 2 heterocycles. The second-order valence-electron chi connectivity index (χ2n) is 5.73. The van der Waals surface area contributed by atoms with E-state index in [2.05, 4.69) is 22.1 Å². The quantitative estimate of drug-likeness (QED) is 0.484. The molecular formula is C20H13N3O. The van der Waals surface area contributed by atoms with E-state index >= 15 is 0 Å². The summed E-state index contributed by atoms with van der Waals surface area (Å²) in [6, 6.07) is 22.0. The van der Waals surface area contributed by atoms with Crippen molar-refractivity contribution >= 4 is 38.8 Å². The Bertz CT molecular complexity index is 1220. The van der Waals surface area contributed by atoms with Crippen molar-refractivity contribution in [3.05, 3.63) is 66.7 Å². The van der Waals surface area contributed by atoms with Crippen LogP contribution in [0.3, 0.4) is 0 Å². The average Bonchev–Trinajstić information content (AvgIpc) is 3.00. The van der Waals surface area contributed by atoms with Gasteiger partial charge in [-0.05, 0) is 18.2 Å². The minimum atomic E-state index is 0.261. The first kappa shape index (κ1) is 13.1. The Morgan fingerprint density at radius 1 is 0.708 bits per heavy atom. The first-order chi connectivity index (χ1) is 11.8. The van der Waals surface area contributed by atoms with Gasteiger partial charge in [-0.25, -0.2) is 9.97 Å². The molecular weight excluding hydrogens is 298 g/mol. The lowest BCUT2D eigenvalue weighted by Gasteiger charge is -2.07. The zero-order valence-electron chi connectivity index (χ0n) is 12.7. The number of furan rings is 1. The van der Waals surface area contributed by atoms with Gasteiger partial charge in [0, 0.05) is 21.7 Å². The Kier molecular flexibility index (Phi) is 2.61. The molecule has 0 saturated carbocycles. The van der Waals surface area contributed by atoms with Crippen molar-refractivity contribution in [2.45, 2.75) is 0 Å². The van der Waals surface area contributed by atoms with Gasteiger partial charge in [-0.15, -0.1) is 0 Å². The van der Waals surface area contributed by atoms with E-state index in [0.717, 1.165) is 44.1 Å². The summed E-state index contributed by atoms with van der Waals surface area (Å²) in [6.07, 6.45) is 0. The predicted octanol–water partition coefficient (Wildman–Crippen LogP) is 4.78. The molecule has 0 radical (unpaired) electrons. The van der Waals surface area contributed by atoms with Gasteiger partial charge in [-0.1, -0.05) is 48.5 Å². The third kappa shape index (κ3) is 1.80. The van der Waals surface area contributed by atoms with Gasteiger partial charge in [0.15, 0.2) is 0 Å². The molecule has 2 N–H and O–H groups in total. The second-order valence-corrected chi connectivity index (χ2v) is 5.73. The molecule has 0 spiro atoms. The highest BCUT2D eigenvalue weighted by molar-refractivity contribution is 6.11. The number of fused-ring (bicyclic) bond motifs is 4. The monoisotopic (exact) mass is 311 g/mol. The lowest BCUT2D eigenvalue weighted by Crippen LogP contribution is -1.98. The van der Waals surface area contributed by atoms with Crippen LogP contribution in [0.25, 0.3) is 44.1 Å². The molecule has 4 heteroatoms. The van der Waals surface area contributed by atoms with Crippen LogP contribution in [0.4, 0.5) is 5.95 Å². The van der Waals surface area contributed by atoms with E-state index < -0.39 is 0 Å². The average molecular weight is 311 g/mol. The first-order valence-corrected chi connectivity index (χ1v) is 7.74. The number of nitrogens with two attached hydrogens (primary N) is 1. The highest BCUT2D eigenvalue weighted by atomic mass is 16.3. The highest BCUT2D eigenvalue weighted by Crippen LogP contribution is 2.37. The third-order valence-electron chi connectivity index (χ3n) is 4.28. The van der Waals surface area contributed by atoms with Crippen LogP contribution in [0.1, 0.15) is 0 Å². The second kappa shape index (κ2) is 4.80. The van der Waals surface area contributed by atoms with Crippen LogP contribution >= 0.6 is 0 Å². The topological polar surface area (TPSA) is 64.9 Å². The van der Waals surface area contributed by atoms with Gasteiger partial charge >= 0.3 is 0 Å². The molecule has 0 unspecified atom stereocenters. The summed E-state index contributed by atoms with van der Waals surface area (Å²) in [4.78, 5) is 8.82. The van der Waals surface area contributed by atoms with Gasteiger partial charge < -0.3 is 10.2 Å². The zero-order chi connectivity index (χ0) is 16.1. The number of hydrogen-bond donors (Lipinski definition) is 1. The maximum absolute atomic E-state index is 6.13. The van der Waals surface area contributed by atoms with E-state index in [9.17, 15) is 0 Å². The molecule has 114 valence electrons. The summed E-state index contributed by atoms with van der Waals surface area (Å²) in [7, 11) is 0. The summed E-state index contributed by atoms with van der Waals surface area (Å²) >= 11 is 0. The molecule has 0 saturated heterocycles. The first-order valence-electron chi connectivity index (χ1n) is 7.74. The van der Waals surface area contributed by atoms with Crippen molar-refractivity contribution in [3.8, 4) is 11.3 Å². The van der Waals surface area contributed by atoms with Gasteiger partial charge in [-0.3, -0.25) is 0 Å². The van der Waals surface area contributed by atoms with E-state index in [-0.39, 0.29) is 5.95 Å². The summed E-state index contributed by atoms with van der Waals surface area (Å²) in [5.74, 6) is 0.261. The molecule has 0 atom stereocenters. The molecule has 4 nitrogen and oxygen atoms in total. The fourth-order valence-corrected chi connectivity index (χ4v) is 3.23. The number of para-hydroxylation sites is 3. The Labute approximate surface area is 137 Å². The van der Waals surface area contributed by atoms with E-state index in [0.29, 0.717) is 0 Å². The van der Waals surface area contributed by atoms with E-state index in [1.807, 2.05) is 54.6 Å². The van der Waals surface area contributed by atoms with Crippen molar-refractivity contribution in [1.29, 1.82) is 0 Å². The number of nitrogens with zero attached hydrogens (tertiary/aromatic N) is 2. The van der Waals surface area contributed by atoms with Crippen molar-refractivity contribution in [2.75, 3.05) is 5.73 Å². The SMILES string of the molecule is Nc1nc(-c2cccc3c2oc2ccccc23)c2ccccc2n1. The molecule has 0 fully saturated rings. The zero-order valence-corrected chi connectivity index (χ0v) is 12.7.